The van der Waals surface area contributed by atoms with Crippen molar-refractivity contribution in [3.8, 4) is 0 Å². The van der Waals surface area contributed by atoms with Gasteiger partial charge in [-0.25, -0.2) is 9.97 Å². The van der Waals surface area contributed by atoms with Crippen LogP contribution in [0.5, 0.6) is 0 Å². The fraction of sp³-hybridized carbons (Fsp3) is 0.389. The summed E-state index contributed by atoms with van der Waals surface area (Å²) in [5, 5.41) is 0.581. The molecule has 0 aliphatic carbocycles. The second-order valence-corrected chi connectivity index (χ2v) is 6.75. The molecule has 1 amide bonds. The van der Waals surface area contributed by atoms with E-state index in [9.17, 15) is 4.79 Å². The second-order valence-electron chi connectivity index (χ2n) is 6.32. The Hall–Kier alpha value is -2.34. The predicted octanol–water partition coefficient (Wildman–Crippen LogP) is 2.47. The van der Waals surface area contributed by atoms with Crippen LogP contribution in [0.15, 0.2) is 30.3 Å². The molecule has 0 atom stereocenters. The van der Waals surface area contributed by atoms with E-state index in [-0.39, 0.29) is 5.91 Å². The largest absolute Gasteiger partial charge is 0.363 e. The molecule has 3 rings (SSSR count). The SMILES string of the molecule is Cc1nc(N(C)C)cc(N2CCN(C(=O)c3cccc(Cl)c3)CC2)n1. The Morgan fingerprint density at radius 3 is 2.48 bits per heavy atom. The zero-order valence-corrected chi connectivity index (χ0v) is 15.5. The molecule has 2 aromatic rings. The van der Waals surface area contributed by atoms with Crippen LogP contribution in [-0.4, -0.2) is 61.0 Å². The van der Waals surface area contributed by atoms with Crippen molar-refractivity contribution >= 4 is 29.1 Å². The maximum Gasteiger partial charge on any atom is 0.254 e. The van der Waals surface area contributed by atoms with Gasteiger partial charge in [-0.1, -0.05) is 17.7 Å². The van der Waals surface area contributed by atoms with Crippen molar-refractivity contribution in [2.45, 2.75) is 6.92 Å². The van der Waals surface area contributed by atoms with Gasteiger partial charge in [-0.05, 0) is 25.1 Å². The average molecular weight is 360 g/mol. The quantitative estimate of drug-likeness (QED) is 0.842. The van der Waals surface area contributed by atoms with E-state index in [2.05, 4.69) is 14.9 Å². The molecule has 1 saturated heterocycles. The Balaban J connectivity index is 1.69. The molecule has 0 unspecified atom stereocenters. The standard InChI is InChI=1S/C18H22ClN5O/c1-13-20-16(22(2)3)12-17(21-13)23-7-9-24(10-8-23)18(25)14-5-4-6-15(19)11-14/h4-6,11-12H,7-10H2,1-3H3. The molecular formula is C18H22ClN5O. The number of rotatable bonds is 3. The van der Waals surface area contributed by atoms with E-state index in [4.69, 9.17) is 11.6 Å². The molecule has 2 heterocycles. The van der Waals surface area contributed by atoms with Crippen LogP contribution in [0.2, 0.25) is 5.02 Å². The first-order valence-electron chi connectivity index (χ1n) is 8.27. The normalized spacial score (nSPS) is 14.6. The lowest BCUT2D eigenvalue weighted by Crippen LogP contribution is -2.49. The molecule has 1 aliphatic heterocycles. The fourth-order valence-corrected chi connectivity index (χ4v) is 3.06. The number of amides is 1. The topological polar surface area (TPSA) is 52.6 Å². The highest BCUT2D eigenvalue weighted by atomic mass is 35.5. The molecule has 0 saturated carbocycles. The summed E-state index contributed by atoms with van der Waals surface area (Å²) < 4.78 is 0. The number of anilines is 2. The summed E-state index contributed by atoms with van der Waals surface area (Å²) in [5.74, 6) is 2.57. The van der Waals surface area contributed by atoms with Crippen molar-refractivity contribution in [1.82, 2.24) is 14.9 Å². The van der Waals surface area contributed by atoms with Gasteiger partial charge in [-0.15, -0.1) is 0 Å². The molecule has 6 nitrogen and oxygen atoms in total. The molecule has 0 spiro atoms. The number of carbonyl (C=O) groups is 1. The van der Waals surface area contributed by atoms with E-state index in [0.717, 1.165) is 30.5 Å². The van der Waals surface area contributed by atoms with Gasteiger partial charge in [-0.2, -0.15) is 0 Å². The van der Waals surface area contributed by atoms with Crippen LogP contribution in [-0.2, 0) is 0 Å². The van der Waals surface area contributed by atoms with Crippen molar-refractivity contribution in [1.29, 1.82) is 0 Å². The number of benzene rings is 1. The molecule has 1 fully saturated rings. The molecule has 1 aliphatic rings. The minimum Gasteiger partial charge on any atom is -0.363 e. The first-order valence-corrected chi connectivity index (χ1v) is 8.64. The summed E-state index contributed by atoms with van der Waals surface area (Å²) in [6.45, 7) is 4.71. The monoisotopic (exact) mass is 359 g/mol. The van der Waals surface area contributed by atoms with Gasteiger partial charge < -0.3 is 14.7 Å². The number of hydrogen-bond acceptors (Lipinski definition) is 5. The van der Waals surface area contributed by atoms with Gasteiger partial charge in [0.25, 0.3) is 5.91 Å². The summed E-state index contributed by atoms with van der Waals surface area (Å²) in [6.07, 6.45) is 0. The molecule has 25 heavy (non-hydrogen) atoms. The van der Waals surface area contributed by atoms with Crippen LogP contribution >= 0.6 is 11.6 Å². The highest BCUT2D eigenvalue weighted by Crippen LogP contribution is 2.20. The Morgan fingerprint density at radius 2 is 1.84 bits per heavy atom. The zero-order valence-electron chi connectivity index (χ0n) is 14.7. The number of piperazine rings is 1. The maximum absolute atomic E-state index is 12.6. The number of aromatic nitrogens is 2. The lowest BCUT2D eigenvalue weighted by molar-refractivity contribution is 0.0746. The van der Waals surface area contributed by atoms with Gasteiger partial charge in [0.2, 0.25) is 0 Å². The van der Waals surface area contributed by atoms with E-state index >= 15 is 0 Å². The lowest BCUT2D eigenvalue weighted by atomic mass is 10.2. The fourth-order valence-electron chi connectivity index (χ4n) is 2.87. The number of nitrogens with zero attached hydrogens (tertiary/aromatic N) is 5. The van der Waals surface area contributed by atoms with Crippen LogP contribution in [0.1, 0.15) is 16.2 Å². The van der Waals surface area contributed by atoms with E-state index < -0.39 is 0 Å². The molecule has 0 radical (unpaired) electrons. The van der Waals surface area contributed by atoms with E-state index in [0.29, 0.717) is 23.7 Å². The van der Waals surface area contributed by atoms with Crippen molar-refractivity contribution < 1.29 is 4.79 Å². The number of halogens is 1. The van der Waals surface area contributed by atoms with Crippen LogP contribution in [0.3, 0.4) is 0 Å². The molecular weight excluding hydrogens is 338 g/mol. The summed E-state index contributed by atoms with van der Waals surface area (Å²) in [6, 6.07) is 9.08. The summed E-state index contributed by atoms with van der Waals surface area (Å²) in [4.78, 5) is 27.6. The van der Waals surface area contributed by atoms with Crippen LogP contribution in [0.25, 0.3) is 0 Å². The van der Waals surface area contributed by atoms with E-state index in [1.807, 2.05) is 36.9 Å². The van der Waals surface area contributed by atoms with Crippen molar-refractivity contribution in [2.75, 3.05) is 50.1 Å². The molecule has 1 aromatic heterocycles. The molecule has 0 N–H and O–H groups in total. The molecule has 7 heteroatoms. The molecule has 132 valence electrons. The number of carbonyl (C=O) groups excluding carboxylic acids is 1. The van der Waals surface area contributed by atoms with Gasteiger partial charge >= 0.3 is 0 Å². The first kappa shape index (κ1) is 17.5. The maximum atomic E-state index is 12.6. The number of aryl methyl sites for hydroxylation is 1. The smallest absolute Gasteiger partial charge is 0.254 e. The number of hydrogen-bond donors (Lipinski definition) is 0. The summed E-state index contributed by atoms with van der Waals surface area (Å²) in [7, 11) is 3.93. The molecule has 1 aromatic carbocycles. The Labute approximate surface area is 153 Å². The minimum atomic E-state index is 0.0231. The summed E-state index contributed by atoms with van der Waals surface area (Å²) in [5.41, 5.74) is 0.633. The highest BCUT2D eigenvalue weighted by molar-refractivity contribution is 6.30. The van der Waals surface area contributed by atoms with Gasteiger partial charge in [0.15, 0.2) is 0 Å². The third-order valence-electron chi connectivity index (χ3n) is 4.23. The van der Waals surface area contributed by atoms with Crippen molar-refractivity contribution in [3.63, 3.8) is 0 Å². The van der Waals surface area contributed by atoms with Gasteiger partial charge in [-0.3, -0.25) is 4.79 Å². The third-order valence-corrected chi connectivity index (χ3v) is 4.47. The first-order chi connectivity index (χ1) is 11.9. The summed E-state index contributed by atoms with van der Waals surface area (Å²) >= 11 is 5.99. The van der Waals surface area contributed by atoms with Crippen molar-refractivity contribution in [2.24, 2.45) is 0 Å². The van der Waals surface area contributed by atoms with Gasteiger partial charge in [0.1, 0.15) is 17.5 Å². The Morgan fingerprint density at radius 1 is 1.12 bits per heavy atom. The van der Waals surface area contributed by atoms with Crippen LogP contribution in [0.4, 0.5) is 11.6 Å². The average Bonchev–Trinajstić information content (AvgIpc) is 2.60. The van der Waals surface area contributed by atoms with Gasteiger partial charge in [0.05, 0.1) is 0 Å². The zero-order chi connectivity index (χ0) is 18.0. The minimum absolute atomic E-state index is 0.0231. The van der Waals surface area contributed by atoms with Crippen LogP contribution < -0.4 is 9.80 Å². The predicted molar refractivity (Wildman–Crippen MR) is 101 cm³/mol. The van der Waals surface area contributed by atoms with Crippen LogP contribution in [0, 0.1) is 6.92 Å². The highest BCUT2D eigenvalue weighted by Gasteiger charge is 2.23. The Bertz CT molecular complexity index is 772. The van der Waals surface area contributed by atoms with E-state index in [1.165, 1.54) is 0 Å². The lowest BCUT2D eigenvalue weighted by Gasteiger charge is -2.35. The van der Waals surface area contributed by atoms with E-state index in [1.54, 1.807) is 24.3 Å². The Kier molecular flexibility index (Phi) is 5.08. The van der Waals surface area contributed by atoms with Gasteiger partial charge in [0, 0.05) is 56.9 Å². The second kappa shape index (κ2) is 7.27. The third kappa shape index (κ3) is 4.02. The van der Waals surface area contributed by atoms with Crippen molar-refractivity contribution in [3.05, 3.63) is 46.7 Å². The molecule has 0 bridgehead atoms.